The summed E-state index contributed by atoms with van der Waals surface area (Å²) >= 11 is 3.46. The van der Waals surface area contributed by atoms with Gasteiger partial charge in [0.15, 0.2) is 0 Å². The third-order valence-electron chi connectivity index (χ3n) is 4.20. The molecule has 25 heavy (non-hydrogen) atoms. The highest BCUT2D eigenvalue weighted by molar-refractivity contribution is 9.10. The summed E-state index contributed by atoms with van der Waals surface area (Å²) in [5.41, 5.74) is 1.47. The monoisotopic (exact) mass is 411 g/mol. The average molecular weight is 412 g/mol. The third-order valence-corrected chi connectivity index (χ3v) is 4.65. The molecule has 1 aliphatic carbocycles. The van der Waals surface area contributed by atoms with Crippen LogP contribution in [-0.2, 0) is 16.0 Å². The Morgan fingerprint density at radius 3 is 2.64 bits per heavy atom. The Hall–Kier alpha value is -1.34. The molecule has 3 rings (SSSR count). The van der Waals surface area contributed by atoms with Crippen LogP contribution in [0.15, 0.2) is 16.7 Å². The molecule has 2 fully saturated rings. The summed E-state index contributed by atoms with van der Waals surface area (Å²) in [5.74, 6) is 0. The lowest BCUT2D eigenvalue weighted by atomic mass is 10.2. The number of aromatic nitrogens is 1. The number of nitrogens with zero attached hydrogens (tertiary/aromatic N) is 3. The second kappa shape index (κ2) is 7.50. The lowest BCUT2D eigenvalue weighted by molar-refractivity contribution is 0.0214. The first-order valence-electron chi connectivity index (χ1n) is 8.81. The highest BCUT2D eigenvalue weighted by atomic mass is 79.9. The van der Waals surface area contributed by atoms with Crippen molar-refractivity contribution < 1.29 is 14.3 Å². The summed E-state index contributed by atoms with van der Waals surface area (Å²) < 4.78 is 11.8. The lowest BCUT2D eigenvalue weighted by Crippen LogP contribution is -2.40. The van der Waals surface area contributed by atoms with Crippen molar-refractivity contribution in [2.75, 3.05) is 31.2 Å². The maximum Gasteiger partial charge on any atom is 0.410 e. The summed E-state index contributed by atoms with van der Waals surface area (Å²) in [4.78, 5) is 21.4. The van der Waals surface area contributed by atoms with E-state index in [1.165, 1.54) is 0 Å². The van der Waals surface area contributed by atoms with Gasteiger partial charge in [-0.25, -0.2) is 9.78 Å². The number of anilines is 1. The van der Waals surface area contributed by atoms with Crippen molar-refractivity contribution in [1.82, 2.24) is 9.88 Å². The first-order chi connectivity index (χ1) is 11.8. The second-order valence-electron chi connectivity index (χ2n) is 7.54. The van der Waals surface area contributed by atoms with E-state index in [9.17, 15) is 4.79 Å². The number of carbonyl (C=O) groups excluding carboxylic acids is 1. The van der Waals surface area contributed by atoms with Crippen molar-refractivity contribution in [3.8, 4) is 0 Å². The summed E-state index contributed by atoms with van der Waals surface area (Å²) in [7, 11) is 0. The van der Waals surface area contributed by atoms with Gasteiger partial charge in [0.05, 0.1) is 31.1 Å². The van der Waals surface area contributed by atoms with Crippen molar-refractivity contribution in [2.45, 2.75) is 51.8 Å². The van der Waals surface area contributed by atoms with Crippen LogP contribution in [0.25, 0.3) is 0 Å². The predicted octanol–water partition coefficient (Wildman–Crippen LogP) is 3.58. The van der Waals surface area contributed by atoms with Crippen molar-refractivity contribution in [2.24, 2.45) is 0 Å². The first kappa shape index (κ1) is 18.5. The molecule has 7 heteroatoms. The first-order valence-corrected chi connectivity index (χ1v) is 9.60. The van der Waals surface area contributed by atoms with Crippen LogP contribution in [0, 0.1) is 0 Å². The molecule has 1 aliphatic heterocycles. The number of halogens is 1. The van der Waals surface area contributed by atoms with E-state index in [2.05, 4.69) is 31.9 Å². The Balaban J connectivity index is 1.81. The largest absolute Gasteiger partial charge is 0.444 e. The standard InChI is InChI=1S/C18H26BrN3O3/c1-18(2,3)25-17(23)22(13-4-5-13)12-14-15(6-7-16(19)20-14)21-8-10-24-11-9-21/h6-7,13H,4-5,8-12H2,1-3H3. The van der Waals surface area contributed by atoms with Gasteiger partial charge >= 0.3 is 6.09 Å². The number of rotatable bonds is 4. The fourth-order valence-electron chi connectivity index (χ4n) is 2.89. The Kier molecular flexibility index (Phi) is 5.53. The Labute approximate surface area is 157 Å². The summed E-state index contributed by atoms with van der Waals surface area (Å²) in [6, 6.07) is 4.27. The molecule has 1 aromatic rings. The van der Waals surface area contributed by atoms with Gasteiger partial charge in [-0.15, -0.1) is 0 Å². The minimum absolute atomic E-state index is 0.258. The van der Waals surface area contributed by atoms with Crippen LogP contribution in [0.1, 0.15) is 39.3 Å². The predicted molar refractivity (Wildman–Crippen MR) is 99.8 cm³/mol. The number of hydrogen-bond acceptors (Lipinski definition) is 5. The van der Waals surface area contributed by atoms with Gasteiger partial charge in [0.2, 0.25) is 0 Å². The van der Waals surface area contributed by atoms with Crippen LogP contribution in [0.3, 0.4) is 0 Å². The summed E-state index contributed by atoms with van der Waals surface area (Å²) in [6.07, 6.45) is 1.80. The van der Waals surface area contributed by atoms with Crippen molar-refractivity contribution in [1.29, 1.82) is 0 Å². The maximum atomic E-state index is 12.6. The molecule has 6 nitrogen and oxygen atoms in total. The van der Waals surface area contributed by atoms with Gasteiger partial charge in [-0.05, 0) is 61.7 Å². The smallest absolute Gasteiger partial charge is 0.410 e. The van der Waals surface area contributed by atoms with Crippen LogP contribution in [-0.4, -0.2) is 53.9 Å². The highest BCUT2D eigenvalue weighted by Crippen LogP contribution is 2.32. The zero-order chi connectivity index (χ0) is 18.0. The van der Waals surface area contributed by atoms with E-state index in [-0.39, 0.29) is 12.1 Å². The van der Waals surface area contributed by atoms with Crippen molar-refractivity contribution in [3.63, 3.8) is 0 Å². The molecule has 2 aliphatic rings. The van der Waals surface area contributed by atoms with Crippen LogP contribution in [0.5, 0.6) is 0 Å². The molecule has 138 valence electrons. The SMILES string of the molecule is CC(C)(C)OC(=O)N(Cc1nc(Br)ccc1N1CCOCC1)C1CC1. The maximum absolute atomic E-state index is 12.6. The number of morpholine rings is 1. The number of carbonyl (C=O) groups is 1. The second-order valence-corrected chi connectivity index (χ2v) is 8.35. The van der Waals surface area contributed by atoms with E-state index >= 15 is 0 Å². The Bertz CT molecular complexity index is 622. The van der Waals surface area contributed by atoms with Crippen LogP contribution in [0.4, 0.5) is 10.5 Å². The van der Waals surface area contributed by atoms with E-state index in [1.54, 1.807) is 0 Å². The number of ether oxygens (including phenoxy) is 2. The van der Waals surface area contributed by atoms with Gasteiger partial charge < -0.3 is 14.4 Å². The minimum Gasteiger partial charge on any atom is -0.444 e. The van der Waals surface area contributed by atoms with Crippen LogP contribution >= 0.6 is 15.9 Å². The normalized spacial score (nSPS) is 18.2. The van der Waals surface area contributed by atoms with Gasteiger partial charge in [-0.1, -0.05) is 0 Å². The lowest BCUT2D eigenvalue weighted by Gasteiger charge is -2.32. The van der Waals surface area contributed by atoms with E-state index in [4.69, 9.17) is 9.47 Å². The van der Waals surface area contributed by atoms with E-state index in [1.807, 2.05) is 31.7 Å². The number of hydrogen-bond donors (Lipinski definition) is 0. The number of pyridine rings is 1. The van der Waals surface area contributed by atoms with Crippen LogP contribution in [0.2, 0.25) is 0 Å². The van der Waals surface area contributed by atoms with E-state index in [0.717, 1.165) is 41.9 Å². The molecule has 1 saturated heterocycles. The van der Waals surface area contributed by atoms with Crippen LogP contribution < -0.4 is 4.90 Å². The minimum atomic E-state index is -0.498. The van der Waals surface area contributed by atoms with Crippen molar-refractivity contribution in [3.05, 3.63) is 22.4 Å². The molecule has 0 radical (unpaired) electrons. The molecule has 1 amide bonds. The fourth-order valence-corrected chi connectivity index (χ4v) is 3.23. The van der Waals surface area contributed by atoms with Gasteiger partial charge in [0, 0.05) is 19.1 Å². The summed E-state index contributed by atoms with van der Waals surface area (Å²) in [5, 5.41) is 0. The zero-order valence-electron chi connectivity index (χ0n) is 15.1. The fraction of sp³-hybridized carbons (Fsp3) is 0.667. The van der Waals surface area contributed by atoms with Gasteiger partial charge in [0.25, 0.3) is 0 Å². The molecular weight excluding hydrogens is 386 g/mol. The van der Waals surface area contributed by atoms with Crippen molar-refractivity contribution >= 4 is 27.7 Å². The van der Waals surface area contributed by atoms with Gasteiger partial charge in [0.1, 0.15) is 10.2 Å². The molecule has 0 unspecified atom stereocenters. The molecule has 2 heterocycles. The van der Waals surface area contributed by atoms with E-state index in [0.29, 0.717) is 19.8 Å². The third kappa shape index (κ3) is 5.07. The zero-order valence-corrected chi connectivity index (χ0v) is 16.7. The molecule has 0 atom stereocenters. The highest BCUT2D eigenvalue weighted by Gasteiger charge is 2.36. The molecule has 0 N–H and O–H groups in total. The molecule has 0 spiro atoms. The molecule has 1 aromatic heterocycles. The topological polar surface area (TPSA) is 54.9 Å². The van der Waals surface area contributed by atoms with Gasteiger partial charge in [-0.2, -0.15) is 0 Å². The molecular formula is C18H26BrN3O3. The Morgan fingerprint density at radius 1 is 1.36 bits per heavy atom. The molecule has 0 bridgehead atoms. The molecule has 0 aromatic carbocycles. The molecule has 1 saturated carbocycles. The summed E-state index contributed by atoms with van der Waals surface area (Å²) in [6.45, 7) is 9.26. The Morgan fingerprint density at radius 2 is 2.04 bits per heavy atom. The number of amides is 1. The quantitative estimate of drug-likeness (QED) is 0.708. The van der Waals surface area contributed by atoms with E-state index < -0.39 is 5.60 Å². The van der Waals surface area contributed by atoms with Gasteiger partial charge in [-0.3, -0.25) is 4.90 Å². The average Bonchev–Trinajstić information content (AvgIpc) is 3.36.